The maximum Gasteiger partial charge on any atom is 0.338 e. The summed E-state index contributed by atoms with van der Waals surface area (Å²) < 4.78 is 2.06. The van der Waals surface area contributed by atoms with Gasteiger partial charge < -0.3 is 15.4 Å². The van der Waals surface area contributed by atoms with Gasteiger partial charge in [-0.15, -0.1) is 0 Å². The number of rotatable bonds is 4. The van der Waals surface area contributed by atoms with Gasteiger partial charge in [0.25, 0.3) is 0 Å². The summed E-state index contributed by atoms with van der Waals surface area (Å²) in [7, 11) is 0. The highest BCUT2D eigenvalue weighted by atomic mass is 16.4. The molecule has 20 heavy (non-hydrogen) atoms. The molecule has 0 amide bonds. The third-order valence-electron chi connectivity index (χ3n) is 3.88. The van der Waals surface area contributed by atoms with Crippen molar-refractivity contribution >= 4 is 16.9 Å². The number of carboxylic acid groups (broad SMARTS) is 1. The van der Waals surface area contributed by atoms with E-state index < -0.39 is 5.97 Å². The molecule has 0 atom stereocenters. The van der Waals surface area contributed by atoms with Crippen LogP contribution in [0.25, 0.3) is 10.9 Å². The van der Waals surface area contributed by atoms with Crippen LogP contribution in [0.5, 0.6) is 0 Å². The summed E-state index contributed by atoms with van der Waals surface area (Å²) in [6, 6.07) is 3.93. The number of carbonyl (C=O) groups is 1. The molecule has 0 fully saturated rings. The van der Waals surface area contributed by atoms with E-state index in [-0.39, 0.29) is 0 Å². The van der Waals surface area contributed by atoms with Crippen LogP contribution in [0.4, 0.5) is 0 Å². The van der Waals surface area contributed by atoms with E-state index in [1.807, 2.05) is 26.0 Å². The Morgan fingerprint density at radius 3 is 2.50 bits per heavy atom. The fraction of sp³-hybridized carbons (Fsp3) is 0.438. The monoisotopic (exact) mass is 274 g/mol. The van der Waals surface area contributed by atoms with Gasteiger partial charge in [-0.2, -0.15) is 0 Å². The van der Waals surface area contributed by atoms with Crippen LogP contribution in [0.15, 0.2) is 12.1 Å². The Labute approximate surface area is 119 Å². The van der Waals surface area contributed by atoms with E-state index in [0.717, 1.165) is 22.2 Å². The SMILES string of the molecule is Cc1ccc2c(C(C)C)c(C)n(CCN)c2c1C(=O)O. The zero-order valence-corrected chi connectivity index (χ0v) is 12.5. The third kappa shape index (κ3) is 2.10. The number of hydrogen-bond donors (Lipinski definition) is 2. The Morgan fingerprint density at radius 2 is 2.00 bits per heavy atom. The summed E-state index contributed by atoms with van der Waals surface area (Å²) in [4.78, 5) is 11.6. The molecule has 0 aliphatic carbocycles. The summed E-state index contributed by atoms with van der Waals surface area (Å²) in [5.74, 6) is -0.528. The molecule has 2 rings (SSSR count). The zero-order valence-electron chi connectivity index (χ0n) is 12.5. The second-order valence-corrected chi connectivity index (χ2v) is 5.55. The minimum atomic E-state index is -0.876. The molecule has 4 heteroatoms. The van der Waals surface area contributed by atoms with E-state index >= 15 is 0 Å². The van der Waals surface area contributed by atoms with Crippen LogP contribution in [-0.2, 0) is 6.54 Å². The Hall–Kier alpha value is -1.81. The highest BCUT2D eigenvalue weighted by molar-refractivity contribution is 6.05. The predicted molar refractivity (Wildman–Crippen MR) is 81.5 cm³/mol. The summed E-state index contributed by atoms with van der Waals surface area (Å²) in [5, 5.41) is 10.6. The van der Waals surface area contributed by atoms with Gasteiger partial charge in [0.2, 0.25) is 0 Å². The van der Waals surface area contributed by atoms with Crippen molar-refractivity contribution in [1.29, 1.82) is 0 Å². The molecule has 108 valence electrons. The number of aromatic nitrogens is 1. The highest BCUT2D eigenvalue weighted by Gasteiger charge is 2.22. The molecule has 4 nitrogen and oxygen atoms in total. The van der Waals surface area contributed by atoms with Crippen LogP contribution in [0, 0.1) is 13.8 Å². The van der Waals surface area contributed by atoms with Crippen LogP contribution < -0.4 is 5.73 Å². The first kappa shape index (κ1) is 14.6. The molecule has 0 bridgehead atoms. The summed E-state index contributed by atoms with van der Waals surface area (Å²) in [6.07, 6.45) is 0. The largest absolute Gasteiger partial charge is 0.478 e. The topological polar surface area (TPSA) is 68.2 Å². The molecule has 0 unspecified atom stereocenters. The quantitative estimate of drug-likeness (QED) is 0.900. The molecule has 0 aliphatic rings. The molecule has 1 heterocycles. The standard InChI is InChI=1S/C16H22N2O2/c1-9(2)13-11(4)18(8-7-17)15-12(13)6-5-10(3)14(15)16(19)20/h5-6,9H,7-8,17H2,1-4H3,(H,19,20). The lowest BCUT2D eigenvalue weighted by atomic mass is 9.97. The molecule has 2 aromatic rings. The van der Waals surface area contributed by atoms with Gasteiger partial charge >= 0.3 is 5.97 Å². The molecule has 0 saturated carbocycles. The molecule has 1 aromatic heterocycles. The molecular weight excluding hydrogens is 252 g/mol. The van der Waals surface area contributed by atoms with Crippen LogP contribution in [-0.4, -0.2) is 22.2 Å². The second-order valence-electron chi connectivity index (χ2n) is 5.55. The number of nitrogens with zero attached hydrogens (tertiary/aromatic N) is 1. The van der Waals surface area contributed by atoms with Gasteiger partial charge in [-0.1, -0.05) is 26.0 Å². The lowest BCUT2D eigenvalue weighted by Crippen LogP contribution is -2.13. The predicted octanol–water partition coefficient (Wildman–Crippen LogP) is 3.04. The lowest BCUT2D eigenvalue weighted by Gasteiger charge is -2.10. The number of fused-ring (bicyclic) bond motifs is 1. The van der Waals surface area contributed by atoms with Gasteiger partial charge in [0.15, 0.2) is 0 Å². The molecule has 0 spiro atoms. The van der Waals surface area contributed by atoms with E-state index in [9.17, 15) is 9.90 Å². The van der Waals surface area contributed by atoms with Crippen molar-refractivity contribution in [1.82, 2.24) is 4.57 Å². The average molecular weight is 274 g/mol. The second kappa shape index (κ2) is 5.29. The summed E-state index contributed by atoms with van der Waals surface area (Å²) in [5.41, 5.74) is 10.0. The lowest BCUT2D eigenvalue weighted by molar-refractivity contribution is 0.0698. The van der Waals surface area contributed by atoms with Gasteiger partial charge in [0.05, 0.1) is 11.1 Å². The Bertz CT molecular complexity index is 669. The fourth-order valence-corrected chi connectivity index (χ4v) is 3.11. The molecule has 3 N–H and O–H groups in total. The van der Waals surface area contributed by atoms with E-state index in [2.05, 4.69) is 18.4 Å². The molecule has 0 radical (unpaired) electrons. The van der Waals surface area contributed by atoms with Gasteiger partial charge in [0.1, 0.15) is 0 Å². The van der Waals surface area contributed by atoms with Crippen molar-refractivity contribution in [2.45, 2.75) is 40.2 Å². The van der Waals surface area contributed by atoms with Crippen molar-refractivity contribution in [3.8, 4) is 0 Å². The average Bonchev–Trinajstić information content (AvgIpc) is 2.62. The molecule has 1 aromatic carbocycles. The van der Waals surface area contributed by atoms with Gasteiger partial charge in [0, 0.05) is 24.2 Å². The molecular formula is C16H22N2O2. The first-order valence-electron chi connectivity index (χ1n) is 6.95. The molecule has 0 aliphatic heterocycles. The number of aryl methyl sites for hydroxylation is 1. The van der Waals surface area contributed by atoms with Crippen LogP contribution in [0.3, 0.4) is 0 Å². The van der Waals surface area contributed by atoms with Crippen LogP contribution in [0.1, 0.15) is 46.9 Å². The number of hydrogen-bond acceptors (Lipinski definition) is 2. The van der Waals surface area contributed by atoms with Gasteiger partial charge in [-0.25, -0.2) is 4.79 Å². The number of carboxylic acids is 1. The Morgan fingerprint density at radius 1 is 1.35 bits per heavy atom. The first-order valence-corrected chi connectivity index (χ1v) is 6.95. The fourth-order valence-electron chi connectivity index (χ4n) is 3.11. The normalized spacial score (nSPS) is 11.5. The number of aromatic carboxylic acids is 1. The van der Waals surface area contributed by atoms with Crippen molar-refractivity contribution in [3.05, 3.63) is 34.5 Å². The van der Waals surface area contributed by atoms with E-state index in [0.29, 0.717) is 24.6 Å². The smallest absolute Gasteiger partial charge is 0.338 e. The van der Waals surface area contributed by atoms with Crippen molar-refractivity contribution < 1.29 is 9.90 Å². The first-order chi connectivity index (χ1) is 9.40. The van der Waals surface area contributed by atoms with Crippen LogP contribution >= 0.6 is 0 Å². The zero-order chi connectivity index (χ0) is 15.0. The maximum atomic E-state index is 11.6. The maximum absolute atomic E-state index is 11.6. The molecule has 0 saturated heterocycles. The third-order valence-corrected chi connectivity index (χ3v) is 3.88. The number of benzene rings is 1. The van der Waals surface area contributed by atoms with Crippen molar-refractivity contribution in [2.24, 2.45) is 5.73 Å². The summed E-state index contributed by atoms with van der Waals surface area (Å²) >= 11 is 0. The van der Waals surface area contributed by atoms with E-state index in [1.165, 1.54) is 5.56 Å². The minimum Gasteiger partial charge on any atom is -0.478 e. The Kier molecular flexibility index (Phi) is 3.86. The highest BCUT2D eigenvalue weighted by Crippen LogP contribution is 2.34. The Balaban J connectivity index is 2.97. The van der Waals surface area contributed by atoms with Gasteiger partial charge in [-0.05, 0) is 30.9 Å². The van der Waals surface area contributed by atoms with Gasteiger partial charge in [-0.3, -0.25) is 0 Å². The van der Waals surface area contributed by atoms with Crippen LogP contribution in [0.2, 0.25) is 0 Å². The van der Waals surface area contributed by atoms with Crippen molar-refractivity contribution in [3.63, 3.8) is 0 Å². The number of nitrogens with two attached hydrogens (primary N) is 1. The van der Waals surface area contributed by atoms with E-state index in [4.69, 9.17) is 5.73 Å². The van der Waals surface area contributed by atoms with E-state index in [1.54, 1.807) is 0 Å². The van der Waals surface area contributed by atoms with Crippen molar-refractivity contribution in [2.75, 3.05) is 6.54 Å². The summed E-state index contributed by atoms with van der Waals surface area (Å²) in [6.45, 7) is 9.29. The minimum absolute atomic E-state index is 0.348.